The lowest BCUT2D eigenvalue weighted by molar-refractivity contribution is -0.384. The second kappa shape index (κ2) is 7.05. The third-order valence-electron chi connectivity index (χ3n) is 3.19. The number of carboxylic acid groups (broad SMARTS) is 1. The number of aryl methyl sites for hydroxylation is 2. The predicted molar refractivity (Wildman–Crippen MR) is 78.6 cm³/mol. The van der Waals surface area contributed by atoms with Crippen LogP contribution in [0.1, 0.15) is 39.3 Å². The van der Waals surface area contributed by atoms with Crippen LogP contribution in [0.3, 0.4) is 0 Å². The molecule has 0 saturated heterocycles. The number of aromatic nitrogens is 2. The van der Waals surface area contributed by atoms with Crippen molar-refractivity contribution in [1.29, 1.82) is 0 Å². The zero-order valence-corrected chi connectivity index (χ0v) is 12.9. The second-order valence-electron chi connectivity index (χ2n) is 5.18. The highest BCUT2D eigenvalue weighted by molar-refractivity contribution is 5.69. The van der Waals surface area contributed by atoms with E-state index in [0.29, 0.717) is 17.9 Å². The summed E-state index contributed by atoms with van der Waals surface area (Å²) in [6.07, 6.45) is 1.20. The minimum Gasteiger partial charge on any atom is -0.481 e. The summed E-state index contributed by atoms with van der Waals surface area (Å²) >= 11 is 0. The van der Waals surface area contributed by atoms with Gasteiger partial charge in [0.25, 0.3) is 0 Å². The smallest absolute Gasteiger partial charge is 0.334 e. The third-order valence-corrected chi connectivity index (χ3v) is 3.19. The molecular weight excluding hydrogens is 276 g/mol. The van der Waals surface area contributed by atoms with Gasteiger partial charge in [-0.15, -0.1) is 0 Å². The number of rotatable bonds is 8. The molecule has 1 heterocycles. The van der Waals surface area contributed by atoms with E-state index in [-0.39, 0.29) is 24.7 Å². The summed E-state index contributed by atoms with van der Waals surface area (Å²) in [5.41, 5.74) is 0.430. The van der Waals surface area contributed by atoms with Crippen molar-refractivity contribution in [2.45, 2.75) is 46.1 Å². The molecule has 0 atom stereocenters. The summed E-state index contributed by atoms with van der Waals surface area (Å²) < 4.78 is 1.48. The minimum atomic E-state index is -0.931. The standard InChI is InChI=1S/C13H22N4O4/c1-5-6-10-12(17(20)21)13(15(4)14-10)16(9(2)3)8-7-11(18)19/h9H,5-8H2,1-4H3,(H,18,19). The first-order valence-electron chi connectivity index (χ1n) is 6.98. The fourth-order valence-corrected chi connectivity index (χ4v) is 2.30. The fourth-order valence-electron chi connectivity index (χ4n) is 2.30. The van der Waals surface area contributed by atoms with E-state index < -0.39 is 10.9 Å². The Labute approximate surface area is 123 Å². The van der Waals surface area contributed by atoms with Crippen LogP contribution in [0.5, 0.6) is 0 Å². The molecular formula is C13H22N4O4. The number of hydrogen-bond acceptors (Lipinski definition) is 5. The van der Waals surface area contributed by atoms with E-state index in [4.69, 9.17) is 5.11 Å². The lowest BCUT2D eigenvalue weighted by atomic mass is 10.2. The molecule has 118 valence electrons. The molecule has 0 saturated carbocycles. The molecule has 0 fully saturated rings. The maximum atomic E-state index is 11.4. The third kappa shape index (κ3) is 3.93. The summed E-state index contributed by atoms with van der Waals surface area (Å²) in [5.74, 6) is -0.557. The van der Waals surface area contributed by atoms with Crippen molar-refractivity contribution in [2.24, 2.45) is 7.05 Å². The zero-order chi connectivity index (χ0) is 16.2. The van der Waals surface area contributed by atoms with E-state index in [0.717, 1.165) is 6.42 Å². The first-order valence-corrected chi connectivity index (χ1v) is 6.98. The van der Waals surface area contributed by atoms with Gasteiger partial charge in [0.05, 0.1) is 11.3 Å². The number of hydrogen-bond donors (Lipinski definition) is 1. The van der Waals surface area contributed by atoms with Crippen molar-refractivity contribution < 1.29 is 14.8 Å². The molecule has 0 bridgehead atoms. The Balaban J connectivity index is 3.29. The Morgan fingerprint density at radius 3 is 2.57 bits per heavy atom. The van der Waals surface area contributed by atoms with Crippen LogP contribution in [-0.4, -0.2) is 38.4 Å². The Morgan fingerprint density at radius 1 is 1.52 bits per heavy atom. The SMILES string of the molecule is CCCc1nn(C)c(N(CCC(=O)O)C(C)C)c1[N+](=O)[O-]. The molecule has 1 aromatic rings. The van der Waals surface area contributed by atoms with Crippen molar-refractivity contribution in [3.05, 3.63) is 15.8 Å². The molecule has 8 heteroatoms. The number of aliphatic carboxylic acids is 1. The van der Waals surface area contributed by atoms with Crippen LogP contribution >= 0.6 is 0 Å². The van der Waals surface area contributed by atoms with E-state index in [1.807, 2.05) is 20.8 Å². The van der Waals surface area contributed by atoms with Gasteiger partial charge >= 0.3 is 11.7 Å². The first kappa shape index (κ1) is 16.9. The van der Waals surface area contributed by atoms with Gasteiger partial charge in [-0.2, -0.15) is 5.10 Å². The second-order valence-corrected chi connectivity index (χ2v) is 5.18. The number of anilines is 1. The van der Waals surface area contributed by atoms with E-state index >= 15 is 0 Å². The van der Waals surface area contributed by atoms with Crippen molar-refractivity contribution in [2.75, 3.05) is 11.4 Å². The largest absolute Gasteiger partial charge is 0.481 e. The van der Waals surface area contributed by atoms with Crippen LogP contribution in [0.15, 0.2) is 0 Å². The molecule has 8 nitrogen and oxygen atoms in total. The zero-order valence-electron chi connectivity index (χ0n) is 12.9. The van der Waals surface area contributed by atoms with Gasteiger partial charge in [0, 0.05) is 19.6 Å². The molecule has 0 spiro atoms. The molecule has 1 N–H and O–H groups in total. The van der Waals surface area contributed by atoms with Gasteiger partial charge in [-0.05, 0) is 20.3 Å². The molecule has 1 rings (SSSR count). The quantitative estimate of drug-likeness (QED) is 0.581. The molecule has 1 aromatic heterocycles. The number of carboxylic acids is 1. The maximum absolute atomic E-state index is 11.4. The summed E-state index contributed by atoms with van der Waals surface area (Å²) in [5, 5.41) is 24.5. The van der Waals surface area contributed by atoms with E-state index in [1.54, 1.807) is 11.9 Å². The van der Waals surface area contributed by atoms with Gasteiger partial charge in [-0.1, -0.05) is 13.3 Å². The molecule has 0 radical (unpaired) electrons. The van der Waals surface area contributed by atoms with Crippen LogP contribution in [-0.2, 0) is 18.3 Å². The van der Waals surface area contributed by atoms with Gasteiger partial charge in [0.2, 0.25) is 5.82 Å². The molecule has 0 aromatic carbocycles. The van der Waals surface area contributed by atoms with Crippen LogP contribution in [0, 0.1) is 10.1 Å². The number of nitro groups is 1. The van der Waals surface area contributed by atoms with Crippen molar-refractivity contribution >= 4 is 17.5 Å². The van der Waals surface area contributed by atoms with Crippen LogP contribution in [0.25, 0.3) is 0 Å². The minimum absolute atomic E-state index is 0.0153. The fraction of sp³-hybridized carbons (Fsp3) is 0.692. The van der Waals surface area contributed by atoms with Gasteiger partial charge in [0.1, 0.15) is 5.69 Å². The number of nitrogens with zero attached hydrogens (tertiary/aromatic N) is 4. The molecule has 0 amide bonds. The van der Waals surface area contributed by atoms with Crippen molar-refractivity contribution in [3.63, 3.8) is 0 Å². The van der Waals surface area contributed by atoms with Crippen molar-refractivity contribution in [3.8, 4) is 0 Å². The Hall–Kier alpha value is -2.12. The molecule has 0 aliphatic rings. The maximum Gasteiger partial charge on any atom is 0.334 e. The van der Waals surface area contributed by atoms with Crippen LogP contribution in [0.2, 0.25) is 0 Å². The van der Waals surface area contributed by atoms with E-state index in [9.17, 15) is 14.9 Å². The Bertz CT molecular complexity index is 524. The van der Waals surface area contributed by atoms with Gasteiger partial charge < -0.3 is 10.0 Å². The highest BCUT2D eigenvalue weighted by Crippen LogP contribution is 2.33. The molecule has 0 unspecified atom stereocenters. The summed E-state index contributed by atoms with van der Waals surface area (Å²) in [7, 11) is 1.65. The Kier molecular flexibility index (Phi) is 5.69. The normalized spacial score (nSPS) is 10.9. The summed E-state index contributed by atoms with van der Waals surface area (Å²) in [4.78, 5) is 23.5. The van der Waals surface area contributed by atoms with Crippen LogP contribution in [0.4, 0.5) is 11.5 Å². The van der Waals surface area contributed by atoms with Gasteiger partial charge in [-0.25, -0.2) is 4.68 Å². The highest BCUT2D eigenvalue weighted by Gasteiger charge is 2.31. The molecule has 21 heavy (non-hydrogen) atoms. The van der Waals surface area contributed by atoms with Crippen molar-refractivity contribution in [1.82, 2.24) is 9.78 Å². The van der Waals surface area contributed by atoms with E-state index in [2.05, 4.69) is 5.10 Å². The summed E-state index contributed by atoms with van der Waals surface area (Å²) in [6, 6.07) is -0.0621. The van der Waals surface area contributed by atoms with Gasteiger partial charge in [-0.3, -0.25) is 14.9 Å². The average molecular weight is 298 g/mol. The lowest BCUT2D eigenvalue weighted by Crippen LogP contribution is -2.34. The van der Waals surface area contributed by atoms with E-state index in [1.165, 1.54) is 4.68 Å². The van der Waals surface area contributed by atoms with Gasteiger partial charge in [0.15, 0.2) is 0 Å². The topological polar surface area (TPSA) is 102 Å². The highest BCUT2D eigenvalue weighted by atomic mass is 16.6. The van der Waals surface area contributed by atoms with Crippen LogP contribution < -0.4 is 4.90 Å². The number of carbonyl (C=O) groups is 1. The summed E-state index contributed by atoms with van der Waals surface area (Å²) in [6.45, 7) is 5.89. The average Bonchev–Trinajstić information content (AvgIpc) is 2.66. The molecule has 0 aliphatic carbocycles. The first-order chi connectivity index (χ1) is 9.79. The predicted octanol–water partition coefficient (Wildman–Crippen LogP) is 1.97. The monoisotopic (exact) mass is 298 g/mol. The lowest BCUT2D eigenvalue weighted by Gasteiger charge is -2.27. The Morgan fingerprint density at radius 2 is 2.14 bits per heavy atom. The molecule has 0 aliphatic heterocycles.